The standard InChI is InChI=1S/C15H21N3O3Si/c1-15(11-7-5-10(6-8-11)12(16)19)13(20)18(14(21)17-15)9-22(2,3)4/h5-8H,9H2,1-4H3,(H2,16,19)(H,17,21)/t15-/m1/s1. The molecule has 1 aromatic rings. The van der Waals surface area contributed by atoms with Gasteiger partial charge in [0, 0.05) is 11.7 Å². The molecule has 0 aromatic heterocycles. The minimum absolute atomic E-state index is 0.258. The van der Waals surface area contributed by atoms with Crippen molar-refractivity contribution in [1.29, 1.82) is 0 Å². The molecule has 2 rings (SSSR count). The second-order valence-corrected chi connectivity index (χ2v) is 12.4. The van der Waals surface area contributed by atoms with Crippen LogP contribution in [0.5, 0.6) is 0 Å². The van der Waals surface area contributed by atoms with E-state index in [0.29, 0.717) is 17.3 Å². The lowest BCUT2D eigenvalue weighted by atomic mass is 9.91. The number of hydrogen-bond donors (Lipinski definition) is 2. The predicted molar refractivity (Wildman–Crippen MR) is 85.9 cm³/mol. The normalized spacial score (nSPS) is 21.9. The maximum absolute atomic E-state index is 12.7. The largest absolute Gasteiger partial charge is 0.366 e. The van der Waals surface area contributed by atoms with Crippen molar-refractivity contribution >= 4 is 25.9 Å². The maximum Gasteiger partial charge on any atom is 0.325 e. The molecule has 1 saturated heterocycles. The molecule has 0 bridgehead atoms. The van der Waals surface area contributed by atoms with Crippen LogP contribution in [-0.4, -0.2) is 37.0 Å². The van der Waals surface area contributed by atoms with Gasteiger partial charge in [-0.1, -0.05) is 31.8 Å². The molecule has 0 radical (unpaired) electrons. The van der Waals surface area contributed by atoms with Crippen molar-refractivity contribution < 1.29 is 14.4 Å². The van der Waals surface area contributed by atoms with Crippen molar-refractivity contribution in [2.75, 3.05) is 6.17 Å². The van der Waals surface area contributed by atoms with Gasteiger partial charge in [-0.05, 0) is 24.6 Å². The van der Waals surface area contributed by atoms with Crippen LogP contribution in [0, 0.1) is 0 Å². The number of nitrogens with zero attached hydrogens (tertiary/aromatic N) is 1. The van der Waals surface area contributed by atoms with E-state index in [-0.39, 0.29) is 11.9 Å². The molecule has 1 aliphatic rings. The molecule has 1 aromatic carbocycles. The van der Waals surface area contributed by atoms with Crippen LogP contribution in [0.25, 0.3) is 0 Å². The Balaban J connectivity index is 2.32. The Morgan fingerprint density at radius 1 is 1.23 bits per heavy atom. The van der Waals surface area contributed by atoms with Gasteiger partial charge in [0.2, 0.25) is 5.91 Å². The molecule has 7 heteroatoms. The number of imide groups is 1. The van der Waals surface area contributed by atoms with Crippen molar-refractivity contribution in [3.63, 3.8) is 0 Å². The third-order valence-corrected chi connectivity index (χ3v) is 4.92. The van der Waals surface area contributed by atoms with Gasteiger partial charge in [-0.3, -0.25) is 14.5 Å². The molecule has 0 unspecified atom stereocenters. The predicted octanol–water partition coefficient (Wildman–Crippen LogP) is 1.43. The first kappa shape index (κ1) is 16.2. The van der Waals surface area contributed by atoms with Crippen LogP contribution in [0.4, 0.5) is 4.79 Å². The Morgan fingerprint density at radius 2 is 1.77 bits per heavy atom. The summed E-state index contributed by atoms with van der Waals surface area (Å²) in [7, 11) is -1.61. The summed E-state index contributed by atoms with van der Waals surface area (Å²) >= 11 is 0. The molecule has 3 N–H and O–H groups in total. The highest BCUT2D eigenvalue weighted by Gasteiger charge is 2.49. The van der Waals surface area contributed by atoms with E-state index < -0.39 is 19.5 Å². The molecular weight excluding hydrogens is 298 g/mol. The van der Waals surface area contributed by atoms with Crippen molar-refractivity contribution in [1.82, 2.24) is 10.2 Å². The highest BCUT2D eigenvalue weighted by molar-refractivity contribution is 6.76. The fourth-order valence-corrected chi connectivity index (χ4v) is 3.71. The number of amides is 4. The molecule has 4 amide bonds. The molecule has 1 heterocycles. The summed E-state index contributed by atoms with van der Waals surface area (Å²) < 4.78 is 0. The minimum Gasteiger partial charge on any atom is -0.366 e. The fraction of sp³-hybridized carbons (Fsp3) is 0.400. The van der Waals surface area contributed by atoms with Crippen LogP contribution in [-0.2, 0) is 10.3 Å². The van der Waals surface area contributed by atoms with E-state index in [4.69, 9.17) is 5.73 Å². The van der Waals surface area contributed by atoms with Crippen molar-refractivity contribution in [3.05, 3.63) is 35.4 Å². The molecular formula is C15H21N3O3Si. The van der Waals surface area contributed by atoms with E-state index in [1.54, 1.807) is 31.2 Å². The summed E-state index contributed by atoms with van der Waals surface area (Å²) in [6.07, 6.45) is 0.479. The number of nitrogens with two attached hydrogens (primary N) is 1. The van der Waals surface area contributed by atoms with Gasteiger partial charge in [0.1, 0.15) is 5.54 Å². The zero-order chi connectivity index (χ0) is 16.7. The zero-order valence-electron chi connectivity index (χ0n) is 13.3. The van der Waals surface area contributed by atoms with E-state index in [2.05, 4.69) is 25.0 Å². The van der Waals surface area contributed by atoms with E-state index in [1.165, 1.54) is 4.90 Å². The number of carbonyl (C=O) groups excluding carboxylic acids is 3. The molecule has 0 saturated carbocycles. The van der Waals surface area contributed by atoms with Gasteiger partial charge in [-0.15, -0.1) is 0 Å². The van der Waals surface area contributed by atoms with Crippen LogP contribution in [0.1, 0.15) is 22.8 Å². The summed E-state index contributed by atoms with van der Waals surface area (Å²) in [5.41, 5.74) is 5.10. The molecule has 22 heavy (non-hydrogen) atoms. The number of primary amides is 1. The quantitative estimate of drug-likeness (QED) is 0.649. The SMILES string of the molecule is C[C@]1(c2ccc(C(N)=O)cc2)NC(=O)N(C[Si](C)(C)C)C1=O. The van der Waals surface area contributed by atoms with Gasteiger partial charge in [-0.25, -0.2) is 4.79 Å². The zero-order valence-corrected chi connectivity index (χ0v) is 14.3. The topological polar surface area (TPSA) is 92.5 Å². The summed E-state index contributed by atoms with van der Waals surface area (Å²) in [6, 6.07) is 6.05. The van der Waals surface area contributed by atoms with Gasteiger partial charge >= 0.3 is 6.03 Å². The fourth-order valence-electron chi connectivity index (χ4n) is 2.48. The Bertz CT molecular complexity index is 636. The average molecular weight is 319 g/mol. The van der Waals surface area contributed by atoms with E-state index in [0.717, 1.165) is 0 Å². The molecule has 0 aliphatic carbocycles. The van der Waals surface area contributed by atoms with Crippen LogP contribution >= 0.6 is 0 Å². The average Bonchev–Trinajstić information content (AvgIpc) is 2.62. The second kappa shape index (κ2) is 5.24. The summed E-state index contributed by atoms with van der Waals surface area (Å²) in [5.74, 6) is -0.786. The minimum atomic E-state index is -1.61. The smallest absolute Gasteiger partial charge is 0.325 e. The molecule has 1 aliphatic heterocycles. The van der Waals surface area contributed by atoms with Gasteiger partial charge in [0.15, 0.2) is 0 Å². The van der Waals surface area contributed by atoms with Crippen molar-refractivity contribution in [2.45, 2.75) is 32.1 Å². The third-order valence-electron chi connectivity index (χ3n) is 3.65. The van der Waals surface area contributed by atoms with Crippen LogP contribution in [0.15, 0.2) is 24.3 Å². The number of nitrogens with one attached hydrogen (secondary N) is 1. The Hall–Kier alpha value is -2.15. The first-order valence-corrected chi connectivity index (χ1v) is 10.8. The van der Waals surface area contributed by atoms with E-state index in [9.17, 15) is 14.4 Å². The first-order chi connectivity index (χ1) is 10.0. The molecule has 1 atom stereocenters. The van der Waals surface area contributed by atoms with Gasteiger partial charge in [0.05, 0.1) is 8.07 Å². The molecule has 0 spiro atoms. The van der Waals surface area contributed by atoms with Gasteiger partial charge in [-0.2, -0.15) is 0 Å². The number of urea groups is 1. The lowest BCUT2D eigenvalue weighted by Gasteiger charge is -2.25. The molecule has 1 fully saturated rings. The van der Waals surface area contributed by atoms with E-state index in [1.807, 2.05) is 0 Å². The van der Waals surface area contributed by atoms with E-state index >= 15 is 0 Å². The van der Waals surface area contributed by atoms with Gasteiger partial charge < -0.3 is 11.1 Å². The van der Waals surface area contributed by atoms with Crippen LogP contribution in [0.2, 0.25) is 19.6 Å². The van der Waals surface area contributed by atoms with Crippen LogP contribution < -0.4 is 11.1 Å². The Kier molecular flexibility index (Phi) is 3.86. The second-order valence-electron chi connectivity index (χ2n) is 6.95. The Labute approximate surface area is 130 Å². The van der Waals surface area contributed by atoms with Crippen molar-refractivity contribution in [3.8, 4) is 0 Å². The Morgan fingerprint density at radius 3 is 2.23 bits per heavy atom. The molecule has 6 nitrogen and oxygen atoms in total. The number of benzene rings is 1. The number of hydrogen-bond acceptors (Lipinski definition) is 3. The van der Waals surface area contributed by atoms with Gasteiger partial charge in [0.25, 0.3) is 5.91 Å². The monoisotopic (exact) mass is 319 g/mol. The first-order valence-electron chi connectivity index (χ1n) is 7.09. The van der Waals surface area contributed by atoms with Crippen molar-refractivity contribution in [2.24, 2.45) is 5.73 Å². The highest BCUT2D eigenvalue weighted by Crippen LogP contribution is 2.29. The number of carbonyl (C=O) groups is 3. The summed E-state index contributed by atoms with van der Waals surface area (Å²) in [5, 5.41) is 2.76. The third kappa shape index (κ3) is 2.89. The lowest BCUT2D eigenvalue weighted by molar-refractivity contribution is -0.130. The lowest BCUT2D eigenvalue weighted by Crippen LogP contribution is -2.45. The summed E-state index contributed by atoms with van der Waals surface area (Å²) in [4.78, 5) is 37.3. The maximum atomic E-state index is 12.7. The number of rotatable bonds is 4. The molecule has 118 valence electrons. The summed E-state index contributed by atoms with van der Waals surface area (Å²) in [6.45, 7) is 7.98. The van der Waals surface area contributed by atoms with Crippen LogP contribution in [0.3, 0.4) is 0 Å². The highest BCUT2D eigenvalue weighted by atomic mass is 28.3.